The molecule has 3 aliphatic carbocycles. The van der Waals surface area contributed by atoms with Crippen molar-refractivity contribution in [2.24, 2.45) is 22.7 Å². The van der Waals surface area contributed by atoms with Gasteiger partial charge in [0.1, 0.15) is 60.5 Å². The van der Waals surface area contributed by atoms with E-state index in [1.807, 2.05) is 0 Å². The smallest absolute Gasteiger partial charge is 0.408 e. The molecular formula is C43H61AcNO18. The van der Waals surface area contributed by atoms with Crippen molar-refractivity contribution in [3.8, 4) is 0 Å². The van der Waals surface area contributed by atoms with Crippen LogP contribution in [0.25, 0.3) is 0 Å². The SMILES string of the molecule is CC1=C2C(O)C(=O)[C@]3(C)C(OC(=O)COC4OC(CO)C(O)C(O)C4O)CC4OC[C@@]4(O)C3[C@H](C)C(O)(CC1OC(=O)C(O)C(NC(=O)OC(C)(C)C)c1ccccc1)C2(C)C.[Ac]. The summed E-state index contributed by atoms with van der Waals surface area (Å²) in [6.45, 7) is 10.9. The second-order valence-corrected chi connectivity index (χ2v) is 19.1. The summed E-state index contributed by atoms with van der Waals surface area (Å²) in [5, 5.41) is 91.9. The number of nitrogens with one attached hydrogen (secondary N) is 1. The Morgan fingerprint density at radius 2 is 1.62 bits per heavy atom. The van der Waals surface area contributed by atoms with Gasteiger partial charge in [-0.25, -0.2) is 14.4 Å². The number of carbonyl (C=O) groups excluding carboxylic acids is 4. The zero-order chi connectivity index (χ0) is 46.1. The minimum absolute atomic E-state index is 0. The van der Waals surface area contributed by atoms with Gasteiger partial charge in [0.15, 0.2) is 18.2 Å². The minimum Gasteiger partial charge on any atom is -0.459 e. The van der Waals surface area contributed by atoms with Crippen molar-refractivity contribution in [1.82, 2.24) is 5.32 Å². The van der Waals surface area contributed by atoms with Crippen molar-refractivity contribution in [1.29, 1.82) is 0 Å². The standard InChI is InChI=1S/C43H61NO18.Ac/c1-19-22(59-36(53)31(49)28(21-12-10-9-11-13-21)44-38(54)62-39(3,4)5)15-43(56)20(2)34-41(8,35(52)30(48)27(19)40(43,6)7)24(14-25-42(34,55)18-58-25)61-26(46)17-57-37-33(51)32(50)29(47)23(16-45)60-37;/h9-13,20,22-25,28-34,37,45,47-51,55-56H,14-18H2,1-8H3,(H,44,54);/t20-,22?,23?,24?,25?,28?,29?,30?,31?,32?,33?,34?,37?,41+,42-,43?;/m0./s1. The van der Waals surface area contributed by atoms with Gasteiger partial charge in [0, 0.05) is 68.2 Å². The van der Waals surface area contributed by atoms with Crippen molar-refractivity contribution < 1.29 is 133 Å². The van der Waals surface area contributed by atoms with Crippen LogP contribution in [0.3, 0.4) is 0 Å². The van der Waals surface area contributed by atoms with E-state index < -0.39 is 144 Å². The van der Waals surface area contributed by atoms with Crippen LogP contribution in [0.15, 0.2) is 41.5 Å². The molecule has 2 aliphatic heterocycles. The third-order valence-electron chi connectivity index (χ3n) is 14.0. The molecule has 1 aromatic rings. The Bertz CT molecular complexity index is 1910. The third kappa shape index (κ3) is 9.16. The van der Waals surface area contributed by atoms with Crippen molar-refractivity contribution in [2.45, 2.75) is 152 Å². The van der Waals surface area contributed by atoms with Crippen LogP contribution >= 0.6 is 0 Å². The van der Waals surface area contributed by atoms with E-state index in [0.29, 0.717) is 5.56 Å². The number of aliphatic hydroxyl groups excluding tert-OH is 6. The average Bonchev–Trinajstić information content (AvgIpc) is 3.19. The molecule has 1 aromatic carbocycles. The molecule has 19 nitrogen and oxygen atoms in total. The maximum Gasteiger partial charge on any atom is 0.408 e. The molecule has 0 spiro atoms. The predicted octanol–water partition coefficient (Wildman–Crippen LogP) is -0.533. The molecule has 13 unspecified atom stereocenters. The Balaban J connectivity index is 0.00000748. The molecule has 16 atom stereocenters. The molecule has 0 aromatic heterocycles. The summed E-state index contributed by atoms with van der Waals surface area (Å²) in [6, 6.07) is 6.82. The van der Waals surface area contributed by atoms with E-state index in [0.717, 1.165) is 0 Å². The van der Waals surface area contributed by atoms with Crippen LogP contribution < -0.4 is 5.32 Å². The molecule has 5 aliphatic rings. The van der Waals surface area contributed by atoms with Crippen molar-refractivity contribution in [3.63, 3.8) is 0 Å². The third-order valence-corrected chi connectivity index (χ3v) is 14.0. The molecule has 2 saturated carbocycles. The largest absolute Gasteiger partial charge is 0.459 e. The number of Topliss-reactive ketones (excluding diaryl/α,β-unsaturated/α-hetero) is 1. The monoisotopic (exact) mass is 1110 g/mol. The van der Waals surface area contributed by atoms with E-state index in [-0.39, 0.29) is 74.7 Å². The van der Waals surface area contributed by atoms with E-state index in [4.69, 9.17) is 28.4 Å². The van der Waals surface area contributed by atoms with Crippen molar-refractivity contribution in [2.75, 3.05) is 19.8 Å². The number of aliphatic hydroxyl groups is 8. The Morgan fingerprint density at radius 3 is 2.19 bits per heavy atom. The van der Waals surface area contributed by atoms with E-state index >= 15 is 4.79 Å². The van der Waals surface area contributed by atoms with Gasteiger partial charge in [-0.3, -0.25) is 4.79 Å². The van der Waals surface area contributed by atoms with Crippen LogP contribution in [0, 0.1) is 66.7 Å². The van der Waals surface area contributed by atoms with Crippen LogP contribution in [-0.2, 0) is 42.8 Å². The zero-order valence-corrected chi connectivity index (χ0v) is 41.4. The summed E-state index contributed by atoms with van der Waals surface area (Å²) < 4.78 is 33.7. The molecule has 6 rings (SSSR count). The number of ketones is 1. The molecule has 4 fully saturated rings. The van der Waals surface area contributed by atoms with Gasteiger partial charge in [0.2, 0.25) is 0 Å². The summed E-state index contributed by atoms with van der Waals surface area (Å²) >= 11 is 0. The molecule has 1 radical (unpaired) electrons. The van der Waals surface area contributed by atoms with E-state index in [2.05, 4.69) is 5.32 Å². The second kappa shape index (κ2) is 18.8. The number of benzene rings is 1. The van der Waals surface area contributed by atoms with Crippen LogP contribution in [0.4, 0.5) is 4.79 Å². The van der Waals surface area contributed by atoms with E-state index in [1.165, 1.54) is 13.8 Å². The number of esters is 2. The molecule has 2 saturated heterocycles. The number of carbonyl (C=O) groups is 4. The van der Waals surface area contributed by atoms with Crippen molar-refractivity contribution >= 4 is 23.8 Å². The van der Waals surface area contributed by atoms with Gasteiger partial charge in [0.05, 0.1) is 36.4 Å². The molecule has 9 N–H and O–H groups in total. The Kier molecular flexibility index (Phi) is 15.5. The Hall–Kier alpha value is -2.16. The van der Waals surface area contributed by atoms with Gasteiger partial charge in [-0.2, -0.15) is 0 Å². The number of alkyl carbamates (subject to hydrolysis) is 1. The molecule has 20 heteroatoms. The second-order valence-electron chi connectivity index (χ2n) is 19.1. The van der Waals surface area contributed by atoms with Gasteiger partial charge < -0.3 is 74.6 Å². The Labute approximate surface area is 401 Å². The van der Waals surface area contributed by atoms with Gasteiger partial charge in [-0.1, -0.05) is 51.1 Å². The molecular weight excluding hydrogens is 1050 g/mol. The summed E-state index contributed by atoms with van der Waals surface area (Å²) in [4.78, 5) is 55.4. The van der Waals surface area contributed by atoms with Crippen molar-refractivity contribution in [3.05, 3.63) is 47.0 Å². The number of ether oxygens (including phenoxy) is 6. The quantitative estimate of drug-likeness (QED) is 0.0808. The molecule has 2 heterocycles. The normalized spacial score (nSPS) is 39.4. The van der Waals surface area contributed by atoms with E-state index in [1.54, 1.807) is 71.9 Å². The summed E-state index contributed by atoms with van der Waals surface area (Å²) in [5.74, 6) is -5.49. The maximum absolute atomic E-state index is 15.0. The first kappa shape index (κ1) is 51.8. The maximum atomic E-state index is 15.0. The molecule has 63 heavy (non-hydrogen) atoms. The van der Waals surface area contributed by atoms with Crippen LogP contribution in [-0.4, -0.2) is 163 Å². The fourth-order valence-electron chi connectivity index (χ4n) is 10.6. The number of hydrogen-bond donors (Lipinski definition) is 9. The van der Waals surface area contributed by atoms with Gasteiger partial charge in [-0.15, -0.1) is 0 Å². The average molecular weight is 1110 g/mol. The first-order valence-electron chi connectivity index (χ1n) is 20.8. The fraction of sp³-hybridized carbons (Fsp3) is 0.721. The van der Waals surface area contributed by atoms with Crippen LogP contribution in [0.1, 0.15) is 79.8 Å². The fourth-order valence-corrected chi connectivity index (χ4v) is 10.6. The van der Waals surface area contributed by atoms with Gasteiger partial charge in [-0.05, 0) is 57.2 Å². The summed E-state index contributed by atoms with van der Waals surface area (Å²) in [5.41, 5.74) is -7.43. The minimum atomic E-state index is -2.01. The number of fused-ring (bicyclic) bond motifs is 5. The summed E-state index contributed by atoms with van der Waals surface area (Å²) in [6.07, 6.45) is -17.5. The number of rotatable bonds is 10. The van der Waals surface area contributed by atoms with Gasteiger partial charge in [0.25, 0.3) is 0 Å². The molecule has 1 amide bonds. The Morgan fingerprint density at radius 1 is 0.984 bits per heavy atom. The van der Waals surface area contributed by atoms with Crippen LogP contribution in [0.5, 0.6) is 0 Å². The number of hydrogen-bond acceptors (Lipinski definition) is 18. The van der Waals surface area contributed by atoms with Gasteiger partial charge >= 0.3 is 18.0 Å². The first-order chi connectivity index (χ1) is 28.7. The molecule has 349 valence electrons. The topological polar surface area (TPSA) is 298 Å². The van der Waals surface area contributed by atoms with E-state index in [9.17, 15) is 55.2 Å². The first-order valence-corrected chi connectivity index (χ1v) is 20.8. The number of amides is 1. The van der Waals surface area contributed by atoms with Crippen LogP contribution in [0.2, 0.25) is 0 Å². The zero-order valence-electron chi connectivity index (χ0n) is 36.7. The molecule has 2 bridgehead atoms. The summed E-state index contributed by atoms with van der Waals surface area (Å²) in [7, 11) is 0. The predicted molar refractivity (Wildman–Crippen MR) is 211 cm³/mol.